The summed E-state index contributed by atoms with van der Waals surface area (Å²) in [5, 5.41) is 10.1. The van der Waals surface area contributed by atoms with Crippen LogP contribution in [0.3, 0.4) is 0 Å². The van der Waals surface area contributed by atoms with E-state index >= 15 is 0 Å². The maximum Gasteiger partial charge on any atom is 0.428 e. The van der Waals surface area contributed by atoms with Crippen molar-refractivity contribution in [3.05, 3.63) is 59.5 Å². The van der Waals surface area contributed by atoms with Crippen molar-refractivity contribution >= 4 is 0 Å². The first kappa shape index (κ1) is 12.7. The van der Waals surface area contributed by atoms with Gasteiger partial charge in [-0.2, -0.15) is 13.2 Å². The lowest BCUT2D eigenvalue weighted by Crippen LogP contribution is -2.43. The maximum atomic E-state index is 13.2. The molecule has 2 rings (SSSR count). The molecule has 1 unspecified atom stereocenters. The first-order valence-electron chi connectivity index (χ1n) is 5.26. The van der Waals surface area contributed by atoms with Gasteiger partial charge in [-0.15, -0.1) is 0 Å². The van der Waals surface area contributed by atoms with Crippen LogP contribution < -0.4 is 0 Å². The van der Waals surface area contributed by atoms with Crippen molar-refractivity contribution in [2.24, 2.45) is 0 Å². The molecule has 1 aromatic heterocycles. The normalized spacial score (nSPS) is 15.4. The molecule has 0 aliphatic rings. The molecule has 5 heteroatoms. The lowest BCUT2D eigenvalue weighted by atomic mass is 9.87. The molecule has 0 radical (unpaired) electrons. The molecule has 0 aliphatic carbocycles. The van der Waals surface area contributed by atoms with Crippen LogP contribution in [0.1, 0.15) is 16.9 Å². The van der Waals surface area contributed by atoms with E-state index in [9.17, 15) is 18.3 Å². The van der Waals surface area contributed by atoms with Gasteiger partial charge in [0, 0.05) is 5.56 Å². The third-order valence-corrected chi connectivity index (χ3v) is 2.82. The predicted molar refractivity (Wildman–Crippen MR) is 58.9 cm³/mol. The van der Waals surface area contributed by atoms with Crippen LogP contribution in [-0.2, 0) is 5.60 Å². The fourth-order valence-corrected chi connectivity index (χ4v) is 1.89. The van der Waals surface area contributed by atoms with Crippen molar-refractivity contribution in [1.29, 1.82) is 0 Å². The number of aryl methyl sites for hydroxylation is 1. The fourth-order valence-electron chi connectivity index (χ4n) is 1.89. The van der Waals surface area contributed by atoms with E-state index in [1.807, 2.05) is 0 Å². The molecule has 0 amide bonds. The minimum Gasteiger partial charge on any atom is -0.466 e. The van der Waals surface area contributed by atoms with E-state index in [2.05, 4.69) is 0 Å². The molecule has 1 atom stereocenters. The highest BCUT2D eigenvalue weighted by molar-refractivity contribution is 5.38. The molecule has 18 heavy (non-hydrogen) atoms. The van der Waals surface area contributed by atoms with Gasteiger partial charge in [-0.25, -0.2) is 0 Å². The molecule has 0 bridgehead atoms. The molecular weight excluding hydrogens is 245 g/mol. The fraction of sp³-hybridized carbons (Fsp3) is 0.231. The number of aliphatic hydroxyl groups is 1. The second-order valence-electron chi connectivity index (χ2n) is 4.00. The maximum absolute atomic E-state index is 13.2. The highest BCUT2D eigenvalue weighted by atomic mass is 19.4. The number of benzene rings is 1. The zero-order chi connectivity index (χ0) is 13.4. The van der Waals surface area contributed by atoms with E-state index in [1.54, 1.807) is 6.07 Å². The van der Waals surface area contributed by atoms with E-state index in [4.69, 9.17) is 4.42 Å². The molecule has 1 aromatic carbocycles. The van der Waals surface area contributed by atoms with Gasteiger partial charge in [-0.3, -0.25) is 0 Å². The summed E-state index contributed by atoms with van der Waals surface area (Å²) in [5.41, 5.74) is -3.01. The summed E-state index contributed by atoms with van der Waals surface area (Å²) in [4.78, 5) is 0. The Morgan fingerprint density at radius 1 is 1.06 bits per heavy atom. The Kier molecular flexibility index (Phi) is 2.94. The van der Waals surface area contributed by atoms with E-state index < -0.39 is 17.5 Å². The van der Waals surface area contributed by atoms with E-state index in [-0.39, 0.29) is 5.56 Å². The summed E-state index contributed by atoms with van der Waals surface area (Å²) in [6.07, 6.45) is -3.76. The minimum absolute atomic E-state index is 0.229. The summed E-state index contributed by atoms with van der Waals surface area (Å²) in [5.74, 6) is -0.538. The smallest absolute Gasteiger partial charge is 0.428 e. The Bertz CT molecular complexity index is 531. The summed E-state index contributed by atoms with van der Waals surface area (Å²) in [6, 6.07) is 8.23. The monoisotopic (exact) mass is 256 g/mol. The Hall–Kier alpha value is -1.75. The summed E-state index contributed by atoms with van der Waals surface area (Å²) >= 11 is 0. The zero-order valence-corrected chi connectivity index (χ0v) is 9.53. The Balaban J connectivity index is 2.69. The molecule has 0 spiro atoms. The van der Waals surface area contributed by atoms with Gasteiger partial charge in [0.05, 0.1) is 6.26 Å². The molecular formula is C13H11F3O2. The largest absolute Gasteiger partial charge is 0.466 e. The Morgan fingerprint density at radius 3 is 2.22 bits per heavy atom. The van der Waals surface area contributed by atoms with Crippen molar-refractivity contribution in [1.82, 2.24) is 0 Å². The summed E-state index contributed by atoms with van der Waals surface area (Å²) in [7, 11) is 0. The predicted octanol–water partition coefficient (Wildman–Crippen LogP) is 3.39. The van der Waals surface area contributed by atoms with Crippen LogP contribution in [0.25, 0.3) is 0 Å². The number of halogens is 3. The molecule has 0 aliphatic heterocycles. The topological polar surface area (TPSA) is 33.4 Å². The van der Waals surface area contributed by atoms with Gasteiger partial charge in [0.1, 0.15) is 5.76 Å². The average Bonchev–Trinajstić information content (AvgIpc) is 2.80. The third kappa shape index (κ3) is 1.80. The van der Waals surface area contributed by atoms with Crippen molar-refractivity contribution in [3.8, 4) is 0 Å². The first-order valence-corrected chi connectivity index (χ1v) is 5.26. The van der Waals surface area contributed by atoms with Crippen LogP contribution in [0.2, 0.25) is 0 Å². The highest BCUT2D eigenvalue weighted by Gasteiger charge is 2.58. The molecule has 0 saturated carbocycles. The standard InChI is InChI=1S/C13H11F3O2/c1-9-5-2-3-6-10(9)12(17,13(14,15)16)11-7-4-8-18-11/h2-8,17H,1H3. The van der Waals surface area contributed by atoms with Gasteiger partial charge in [0.2, 0.25) is 5.60 Å². The highest BCUT2D eigenvalue weighted by Crippen LogP contribution is 2.45. The molecule has 0 fully saturated rings. The van der Waals surface area contributed by atoms with Gasteiger partial charge in [0.25, 0.3) is 0 Å². The number of rotatable bonds is 2. The van der Waals surface area contributed by atoms with Crippen LogP contribution in [-0.4, -0.2) is 11.3 Å². The van der Waals surface area contributed by atoms with Crippen LogP contribution >= 0.6 is 0 Å². The average molecular weight is 256 g/mol. The van der Waals surface area contributed by atoms with Crippen molar-refractivity contribution in [3.63, 3.8) is 0 Å². The molecule has 2 nitrogen and oxygen atoms in total. The second kappa shape index (κ2) is 4.17. The van der Waals surface area contributed by atoms with E-state index in [0.29, 0.717) is 5.56 Å². The van der Waals surface area contributed by atoms with Crippen LogP contribution in [0.5, 0.6) is 0 Å². The van der Waals surface area contributed by atoms with Gasteiger partial charge >= 0.3 is 6.18 Å². The number of furan rings is 1. The zero-order valence-electron chi connectivity index (χ0n) is 9.53. The first-order chi connectivity index (χ1) is 8.37. The lowest BCUT2D eigenvalue weighted by molar-refractivity contribution is -0.254. The van der Waals surface area contributed by atoms with E-state index in [0.717, 1.165) is 12.3 Å². The van der Waals surface area contributed by atoms with Gasteiger partial charge in [-0.05, 0) is 24.6 Å². The summed E-state index contributed by atoms with van der Waals surface area (Å²) in [6.45, 7) is 1.51. The molecule has 96 valence electrons. The van der Waals surface area contributed by atoms with Gasteiger partial charge in [0.15, 0.2) is 0 Å². The van der Waals surface area contributed by atoms with E-state index in [1.165, 1.54) is 31.2 Å². The quantitative estimate of drug-likeness (QED) is 0.893. The molecule has 2 aromatic rings. The minimum atomic E-state index is -4.86. The van der Waals surface area contributed by atoms with Crippen molar-refractivity contribution in [2.75, 3.05) is 0 Å². The number of hydrogen-bond acceptors (Lipinski definition) is 2. The van der Waals surface area contributed by atoms with Crippen molar-refractivity contribution < 1.29 is 22.7 Å². The SMILES string of the molecule is Cc1ccccc1C(O)(c1ccco1)C(F)(F)F. The van der Waals surface area contributed by atoms with Gasteiger partial charge < -0.3 is 9.52 Å². The van der Waals surface area contributed by atoms with Crippen LogP contribution in [0.15, 0.2) is 47.1 Å². The van der Waals surface area contributed by atoms with Crippen LogP contribution in [0.4, 0.5) is 13.2 Å². The molecule has 1 heterocycles. The van der Waals surface area contributed by atoms with Crippen LogP contribution in [0, 0.1) is 6.92 Å². The number of hydrogen-bond donors (Lipinski definition) is 1. The van der Waals surface area contributed by atoms with Crippen molar-refractivity contribution in [2.45, 2.75) is 18.7 Å². The van der Waals surface area contributed by atoms with Gasteiger partial charge in [-0.1, -0.05) is 24.3 Å². The summed E-state index contributed by atoms with van der Waals surface area (Å²) < 4.78 is 44.4. The Labute approximate surface area is 102 Å². The number of alkyl halides is 3. The third-order valence-electron chi connectivity index (χ3n) is 2.82. The second-order valence-corrected chi connectivity index (χ2v) is 4.00. The molecule has 1 N–H and O–H groups in total. The Morgan fingerprint density at radius 2 is 1.72 bits per heavy atom. The molecule has 0 saturated heterocycles. The lowest BCUT2D eigenvalue weighted by Gasteiger charge is -2.30.